The van der Waals surface area contributed by atoms with E-state index in [1.54, 1.807) is 0 Å². The second-order valence-electron chi connectivity index (χ2n) is 6.61. The Balaban J connectivity index is 1.88. The zero-order chi connectivity index (χ0) is 15.6. The predicted octanol–water partition coefficient (Wildman–Crippen LogP) is 4.34. The Morgan fingerprint density at radius 2 is 1.77 bits per heavy atom. The van der Waals surface area contributed by atoms with Gasteiger partial charge in [-0.1, -0.05) is 48.5 Å². The van der Waals surface area contributed by atoms with Crippen LogP contribution in [0.15, 0.2) is 53.5 Å². The number of nitrogens with zero attached hydrogens (tertiary/aromatic N) is 1. The highest BCUT2D eigenvalue weighted by Crippen LogP contribution is 2.25. The first kappa shape index (κ1) is 14.8. The van der Waals surface area contributed by atoms with Crippen LogP contribution in [-0.4, -0.2) is 18.0 Å². The monoisotopic (exact) mass is 293 g/mol. The fourth-order valence-electron chi connectivity index (χ4n) is 2.88. The van der Waals surface area contributed by atoms with E-state index < -0.39 is 0 Å². The minimum atomic E-state index is -0.117. The standard InChI is InChI=1S/C20H23NO/c1-15-8-7-11-17(13-12-16-9-5-4-6-10-16)18(15)19-21-20(2,3)14-22-19/h4-11H,12-14H2,1-3H3. The van der Waals surface area contributed by atoms with E-state index in [0.29, 0.717) is 6.61 Å². The Labute approximate surface area is 132 Å². The smallest absolute Gasteiger partial charge is 0.217 e. The molecular formula is C20H23NO. The number of rotatable bonds is 4. The molecule has 2 aromatic rings. The van der Waals surface area contributed by atoms with Gasteiger partial charge in [-0.05, 0) is 50.3 Å². The highest BCUT2D eigenvalue weighted by atomic mass is 16.5. The predicted molar refractivity (Wildman–Crippen MR) is 91.6 cm³/mol. The van der Waals surface area contributed by atoms with Gasteiger partial charge in [0.25, 0.3) is 0 Å². The van der Waals surface area contributed by atoms with Gasteiger partial charge in [0.2, 0.25) is 5.90 Å². The van der Waals surface area contributed by atoms with Gasteiger partial charge >= 0.3 is 0 Å². The molecule has 0 aliphatic carbocycles. The maximum atomic E-state index is 5.88. The van der Waals surface area contributed by atoms with Crippen LogP contribution in [0.3, 0.4) is 0 Å². The zero-order valence-corrected chi connectivity index (χ0v) is 13.6. The van der Waals surface area contributed by atoms with Gasteiger partial charge in [0.1, 0.15) is 6.61 Å². The fraction of sp³-hybridized carbons (Fsp3) is 0.350. The van der Waals surface area contributed by atoms with Crippen molar-refractivity contribution in [1.29, 1.82) is 0 Å². The topological polar surface area (TPSA) is 21.6 Å². The Hall–Kier alpha value is -2.09. The summed E-state index contributed by atoms with van der Waals surface area (Å²) < 4.78 is 5.88. The minimum absolute atomic E-state index is 0.117. The van der Waals surface area contributed by atoms with Gasteiger partial charge in [-0.3, -0.25) is 0 Å². The number of aliphatic imine (C=N–C) groups is 1. The van der Waals surface area contributed by atoms with Crippen molar-refractivity contribution in [1.82, 2.24) is 0 Å². The highest BCUT2D eigenvalue weighted by molar-refractivity contribution is 5.98. The van der Waals surface area contributed by atoms with E-state index >= 15 is 0 Å². The van der Waals surface area contributed by atoms with Crippen molar-refractivity contribution in [2.45, 2.75) is 39.2 Å². The molecule has 0 unspecified atom stereocenters. The van der Waals surface area contributed by atoms with Crippen LogP contribution in [-0.2, 0) is 17.6 Å². The summed E-state index contributed by atoms with van der Waals surface area (Å²) in [5, 5.41) is 0. The Morgan fingerprint density at radius 3 is 2.45 bits per heavy atom. The molecule has 0 atom stereocenters. The Kier molecular flexibility index (Phi) is 4.02. The van der Waals surface area contributed by atoms with Gasteiger partial charge in [-0.25, -0.2) is 4.99 Å². The lowest BCUT2D eigenvalue weighted by Crippen LogP contribution is -2.17. The van der Waals surface area contributed by atoms with Crippen LogP contribution in [0.25, 0.3) is 0 Å². The lowest BCUT2D eigenvalue weighted by atomic mass is 9.96. The van der Waals surface area contributed by atoms with Crippen molar-refractivity contribution in [2.75, 3.05) is 6.61 Å². The summed E-state index contributed by atoms with van der Waals surface area (Å²) in [5.41, 5.74) is 4.99. The molecule has 0 saturated heterocycles. The third-order valence-corrected chi connectivity index (χ3v) is 4.07. The van der Waals surface area contributed by atoms with Gasteiger partial charge in [0.15, 0.2) is 0 Å². The van der Waals surface area contributed by atoms with Crippen LogP contribution in [0.1, 0.15) is 36.1 Å². The third kappa shape index (κ3) is 3.22. The number of hydrogen-bond donors (Lipinski definition) is 0. The average Bonchev–Trinajstić information content (AvgIpc) is 2.86. The van der Waals surface area contributed by atoms with Crippen LogP contribution in [0.4, 0.5) is 0 Å². The van der Waals surface area contributed by atoms with Crippen LogP contribution in [0, 0.1) is 6.92 Å². The Morgan fingerprint density at radius 1 is 1.00 bits per heavy atom. The molecule has 1 aliphatic heterocycles. The lowest BCUT2D eigenvalue weighted by Gasteiger charge is -2.12. The summed E-state index contributed by atoms with van der Waals surface area (Å²) in [4.78, 5) is 4.76. The van der Waals surface area contributed by atoms with Crippen molar-refractivity contribution in [3.63, 3.8) is 0 Å². The lowest BCUT2D eigenvalue weighted by molar-refractivity contribution is 0.279. The van der Waals surface area contributed by atoms with Crippen molar-refractivity contribution < 1.29 is 4.74 Å². The SMILES string of the molecule is Cc1cccc(CCc2ccccc2)c1C1=NC(C)(C)CO1. The van der Waals surface area contributed by atoms with E-state index in [0.717, 1.165) is 18.7 Å². The van der Waals surface area contributed by atoms with Gasteiger partial charge in [0.05, 0.1) is 5.54 Å². The van der Waals surface area contributed by atoms with Crippen molar-refractivity contribution in [2.24, 2.45) is 4.99 Å². The van der Waals surface area contributed by atoms with E-state index in [1.165, 1.54) is 22.3 Å². The zero-order valence-electron chi connectivity index (χ0n) is 13.6. The molecule has 0 radical (unpaired) electrons. The highest BCUT2D eigenvalue weighted by Gasteiger charge is 2.28. The summed E-state index contributed by atoms with van der Waals surface area (Å²) >= 11 is 0. The molecule has 0 aromatic heterocycles. The van der Waals surface area contributed by atoms with Crippen LogP contribution < -0.4 is 0 Å². The van der Waals surface area contributed by atoms with E-state index in [4.69, 9.17) is 9.73 Å². The first-order valence-corrected chi connectivity index (χ1v) is 7.91. The molecule has 0 amide bonds. The molecule has 0 N–H and O–H groups in total. The number of aryl methyl sites for hydroxylation is 3. The van der Waals surface area contributed by atoms with E-state index in [-0.39, 0.29) is 5.54 Å². The largest absolute Gasteiger partial charge is 0.475 e. The summed E-state index contributed by atoms with van der Waals surface area (Å²) in [6.45, 7) is 7.02. The molecular weight excluding hydrogens is 270 g/mol. The first-order chi connectivity index (χ1) is 10.6. The van der Waals surface area contributed by atoms with Gasteiger partial charge in [-0.2, -0.15) is 0 Å². The van der Waals surface area contributed by atoms with E-state index in [1.807, 2.05) is 0 Å². The maximum absolute atomic E-state index is 5.88. The molecule has 0 fully saturated rings. The van der Waals surface area contributed by atoms with Gasteiger partial charge < -0.3 is 4.74 Å². The summed E-state index contributed by atoms with van der Waals surface area (Å²) in [6.07, 6.45) is 2.04. The van der Waals surface area contributed by atoms with E-state index in [2.05, 4.69) is 69.3 Å². The van der Waals surface area contributed by atoms with Crippen LogP contribution in [0.2, 0.25) is 0 Å². The Bertz CT molecular complexity index is 686. The van der Waals surface area contributed by atoms with Crippen molar-refractivity contribution in [3.8, 4) is 0 Å². The molecule has 0 spiro atoms. The quantitative estimate of drug-likeness (QED) is 0.822. The van der Waals surface area contributed by atoms with Crippen LogP contribution in [0.5, 0.6) is 0 Å². The number of benzene rings is 2. The van der Waals surface area contributed by atoms with Crippen LogP contribution >= 0.6 is 0 Å². The molecule has 2 aromatic carbocycles. The number of hydrogen-bond acceptors (Lipinski definition) is 2. The molecule has 22 heavy (non-hydrogen) atoms. The fourth-order valence-corrected chi connectivity index (χ4v) is 2.88. The second-order valence-corrected chi connectivity index (χ2v) is 6.61. The van der Waals surface area contributed by atoms with Gasteiger partial charge in [0, 0.05) is 5.56 Å². The molecule has 1 aliphatic rings. The summed E-state index contributed by atoms with van der Waals surface area (Å²) in [7, 11) is 0. The van der Waals surface area contributed by atoms with Crippen molar-refractivity contribution in [3.05, 3.63) is 70.8 Å². The molecule has 1 heterocycles. The molecule has 0 bridgehead atoms. The average molecular weight is 293 g/mol. The molecule has 2 heteroatoms. The van der Waals surface area contributed by atoms with E-state index in [9.17, 15) is 0 Å². The number of ether oxygens (including phenoxy) is 1. The minimum Gasteiger partial charge on any atom is -0.475 e. The summed E-state index contributed by atoms with van der Waals surface area (Å²) in [6, 6.07) is 17.1. The first-order valence-electron chi connectivity index (χ1n) is 7.91. The van der Waals surface area contributed by atoms with Gasteiger partial charge in [-0.15, -0.1) is 0 Å². The maximum Gasteiger partial charge on any atom is 0.217 e. The normalized spacial score (nSPS) is 16.2. The molecule has 3 rings (SSSR count). The summed E-state index contributed by atoms with van der Waals surface area (Å²) in [5.74, 6) is 0.811. The molecule has 0 saturated carbocycles. The van der Waals surface area contributed by atoms with Crippen molar-refractivity contribution >= 4 is 5.90 Å². The second kappa shape index (κ2) is 5.96. The third-order valence-electron chi connectivity index (χ3n) is 4.07. The molecule has 2 nitrogen and oxygen atoms in total. The molecule has 114 valence electrons.